The minimum Gasteiger partial charge on any atom is -0.366 e. The summed E-state index contributed by atoms with van der Waals surface area (Å²) >= 11 is 1.65. The van der Waals surface area contributed by atoms with Crippen LogP contribution in [0.25, 0.3) is 10.4 Å². The number of nitrogens with zero attached hydrogens (tertiary/aromatic N) is 1. The van der Waals surface area contributed by atoms with Crippen molar-refractivity contribution in [2.75, 3.05) is 0 Å². The predicted molar refractivity (Wildman–Crippen MR) is 89.8 cm³/mol. The van der Waals surface area contributed by atoms with Gasteiger partial charge in [-0.3, -0.25) is 4.79 Å². The highest BCUT2D eigenvalue weighted by Gasteiger charge is 2.24. The van der Waals surface area contributed by atoms with Crippen LogP contribution in [0.3, 0.4) is 0 Å². The molecule has 2 rings (SSSR count). The maximum atomic E-state index is 12.0. The van der Waals surface area contributed by atoms with E-state index >= 15 is 0 Å². The molecule has 3 nitrogen and oxygen atoms in total. The minimum absolute atomic E-state index is 0.350. The van der Waals surface area contributed by atoms with E-state index in [1.807, 2.05) is 24.4 Å². The van der Waals surface area contributed by atoms with Crippen molar-refractivity contribution < 1.29 is 4.79 Å². The molecule has 0 saturated carbocycles. The predicted octanol–water partition coefficient (Wildman–Crippen LogP) is 4.15. The van der Waals surface area contributed by atoms with Crippen LogP contribution in [-0.2, 0) is 13.0 Å². The molecule has 2 heterocycles. The molecule has 0 atom stereocenters. The first-order valence-corrected chi connectivity index (χ1v) is 8.16. The zero-order valence-electron chi connectivity index (χ0n) is 12.7. The van der Waals surface area contributed by atoms with Gasteiger partial charge in [0.15, 0.2) is 0 Å². The molecule has 0 fully saturated rings. The van der Waals surface area contributed by atoms with Crippen LogP contribution in [-0.4, -0.2) is 10.5 Å². The van der Waals surface area contributed by atoms with Gasteiger partial charge in [-0.25, -0.2) is 0 Å². The van der Waals surface area contributed by atoms with E-state index in [4.69, 9.17) is 5.73 Å². The summed E-state index contributed by atoms with van der Waals surface area (Å²) in [6, 6.07) is 4.06. The van der Waals surface area contributed by atoms with Crippen LogP contribution in [0.1, 0.15) is 41.5 Å². The average molecular weight is 302 g/mol. The summed E-state index contributed by atoms with van der Waals surface area (Å²) in [6.45, 7) is 8.68. The zero-order chi connectivity index (χ0) is 15.4. The summed E-state index contributed by atoms with van der Waals surface area (Å²) < 4.78 is 2.18. The highest BCUT2D eigenvalue weighted by atomic mass is 32.1. The third-order valence-electron chi connectivity index (χ3n) is 3.72. The monoisotopic (exact) mass is 302 g/mol. The fourth-order valence-electron chi connectivity index (χ4n) is 2.77. The molecule has 0 radical (unpaired) electrons. The quantitative estimate of drug-likeness (QED) is 0.767. The molecule has 0 saturated heterocycles. The molecule has 2 N–H and O–H groups in total. The molecule has 112 valence electrons. The number of carbonyl (C=O) groups is 1. The standard InChI is InChI=1S/C17H22N2OS/c1-4-6-8-13-16(14-9-7-11-21-14)15(17(18)20)12(3)19(13)10-5-2/h5,7,9,11H,2,4,6,8,10H2,1,3H3,(H2,18,20). The van der Waals surface area contributed by atoms with E-state index in [2.05, 4.69) is 24.1 Å². The molecule has 21 heavy (non-hydrogen) atoms. The summed E-state index contributed by atoms with van der Waals surface area (Å²) in [6.07, 6.45) is 5.03. The molecule has 2 aromatic rings. The average Bonchev–Trinajstić information content (AvgIpc) is 3.05. The Bertz CT molecular complexity index is 638. The first kappa shape index (κ1) is 15.6. The molecule has 0 unspecified atom stereocenters. The molecule has 0 aliphatic carbocycles. The van der Waals surface area contributed by atoms with E-state index < -0.39 is 0 Å². The van der Waals surface area contributed by atoms with Gasteiger partial charge in [0.1, 0.15) is 0 Å². The van der Waals surface area contributed by atoms with Gasteiger partial charge in [-0.2, -0.15) is 0 Å². The lowest BCUT2D eigenvalue weighted by molar-refractivity contribution is 0.1000. The van der Waals surface area contributed by atoms with Crippen LogP contribution in [0.2, 0.25) is 0 Å². The number of allylic oxidation sites excluding steroid dienone is 1. The van der Waals surface area contributed by atoms with Crippen molar-refractivity contribution >= 4 is 17.2 Å². The summed E-state index contributed by atoms with van der Waals surface area (Å²) in [5, 5.41) is 2.03. The number of rotatable bonds is 7. The molecule has 1 amide bonds. The summed E-state index contributed by atoms with van der Waals surface area (Å²) in [4.78, 5) is 13.1. The number of thiophene rings is 1. The van der Waals surface area contributed by atoms with E-state index in [-0.39, 0.29) is 5.91 Å². The van der Waals surface area contributed by atoms with Gasteiger partial charge in [-0.15, -0.1) is 17.9 Å². The summed E-state index contributed by atoms with van der Waals surface area (Å²) in [7, 11) is 0. The molecule has 2 aromatic heterocycles. The van der Waals surface area contributed by atoms with Crippen LogP contribution in [0, 0.1) is 6.92 Å². The van der Waals surface area contributed by atoms with E-state index in [0.717, 1.165) is 35.4 Å². The van der Waals surface area contributed by atoms with Crippen molar-refractivity contribution in [1.29, 1.82) is 0 Å². The Labute approximate surface area is 130 Å². The second-order valence-corrected chi connectivity index (χ2v) is 6.07. The lowest BCUT2D eigenvalue weighted by atomic mass is 10.0. The minimum atomic E-state index is -0.350. The third kappa shape index (κ3) is 2.95. The van der Waals surface area contributed by atoms with Crippen LogP contribution in [0.15, 0.2) is 30.2 Å². The van der Waals surface area contributed by atoms with Gasteiger partial charge in [0.2, 0.25) is 0 Å². The number of aromatic nitrogens is 1. The highest BCUT2D eigenvalue weighted by molar-refractivity contribution is 7.13. The second kappa shape index (κ2) is 6.76. The number of primary amides is 1. The highest BCUT2D eigenvalue weighted by Crippen LogP contribution is 2.36. The van der Waals surface area contributed by atoms with Crippen LogP contribution >= 0.6 is 11.3 Å². The Morgan fingerprint density at radius 1 is 1.52 bits per heavy atom. The first-order chi connectivity index (χ1) is 10.1. The smallest absolute Gasteiger partial charge is 0.251 e. The van der Waals surface area contributed by atoms with Crippen LogP contribution < -0.4 is 5.73 Å². The van der Waals surface area contributed by atoms with Gasteiger partial charge in [-0.1, -0.05) is 25.5 Å². The van der Waals surface area contributed by atoms with Crippen molar-refractivity contribution in [3.05, 3.63) is 47.1 Å². The molecule has 0 aliphatic rings. The topological polar surface area (TPSA) is 48.0 Å². The number of amides is 1. The largest absolute Gasteiger partial charge is 0.366 e. The van der Waals surface area contributed by atoms with Gasteiger partial charge in [0, 0.05) is 28.4 Å². The van der Waals surface area contributed by atoms with E-state index in [0.29, 0.717) is 12.1 Å². The number of unbranched alkanes of at least 4 members (excludes halogenated alkanes) is 1. The fraction of sp³-hybridized carbons (Fsp3) is 0.353. The summed E-state index contributed by atoms with van der Waals surface area (Å²) in [5.74, 6) is -0.350. The molecular formula is C17H22N2OS. The van der Waals surface area contributed by atoms with Crippen molar-refractivity contribution in [3.8, 4) is 10.4 Å². The number of hydrogen-bond donors (Lipinski definition) is 1. The van der Waals surface area contributed by atoms with Crippen molar-refractivity contribution in [2.45, 2.75) is 39.7 Å². The Morgan fingerprint density at radius 2 is 2.29 bits per heavy atom. The number of hydrogen-bond acceptors (Lipinski definition) is 2. The fourth-order valence-corrected chi connectivity index (χ4v) is 3.56. The van der Waals surface area contributed by atoms with Gasteiger partial charge < -0.3 is 10.3 Å². The van der Waals surface area contributed by atoms with Gasteiger partial charge in [0.05, 0.1) is 5.56 Å². The van der Waals surface area contributed by atoms with E-state index in [1.165, 1.54) is 5.69 Å². The van der Waals surface area contributed by atoms with E-state index in [1.54, 1.807) is 11.3 Å². The van der Waals surface area contributed by atoms with Crippen molar-refractivity contribution in [1.82, 2.24) is 4.57 Å². The maximum absolute atomic E-state index is 12.0. The Balaban J connectivity index is 2.70. The Kier molecular flexibility index (Phi) is 5.02. The Hall–Kier alpha value is -1.81. The first-order valence-electron chi connectivity index (χ1n) is 7.28. The lowest BCUT2D eigenvalue weighted by Gasteiger charge is -2.10. The Morgan fingerprint density at radius 3 is 2.81 bits per heavy atom. The second-order valence-electron chi connectivity index (χ2n) is 5.13. The van der Waals surface area contributed by atoms with Crippen molar-refractivity contribution in [3.63, 3.8) is 0 Å². The van der Waals surface area contributed by atoms with Gasteiger partial charge in [-0.05, 0) is 31.2 Å². The molecule has 4 heteroatoms. The van der Waals surface area contributed by atoms with E-state index in [9.17, 15) is 4.79 Å². The van der Waals surface area contributed by atoms with Crippen LogP contribution in [0.5, 0.6) is 0 Å². The summed E-state index contributed by atoms with van der Waals surface area (Å²) in [5.41, 5.74) is 9.47. The number of carbonyl (C=O) groups excluding carboxylic acids is 1. The zero-order valence-corrected chi connectivity index (χ0v) is 13.5. The normalized spacial score (nSPS) is 10.8. The number of nitrogens with two attached hydrogens (primary N) is 1. The van der Waals surface area contributed by atoms with Gasteiger partial charge >= 0.3 is 0 Å². The maximum Gasteiger partial charge on any atom is 0.251 e. The SMILES string of the molecule is C=CCn1c(C)c(C(N)=O)c(-c2cccs2)c1CCCC. The molecule has 0 bridgehead atoms. The van der Waals surface area contributed by atoms with Crippen molar-refractivity contribution in [2.24, 2.45) is 5.73 Å². The molecule has 0 aliphatic heterocycles. The third-order valence-corrected chi connectivity index (χ3v) is 4.61. The molecular weight excluding hydrogens is 280 g/mol. The molecule has 0 aromatic carbocycles. The lowest BCUT2D eigenvalue weighted by Crippen LogP contribution is -2.13. The van der Waals surface area contributed by atoms with Crippen LogP contribution in [0.4, 0.5) is 0 Å². The molecule has 0 spiro atoms. The van der Waals surface area contributed by atoms with Gasteiger partial charge in [0.25, 0.3) is 5.91 Å².